The molecule has 0 unspecified atom stereocenters. The number of carbonyl (C=O) groups is 2. The number of methoxy groups -OCH3 is 1. The summed E-state index contributed by atoms with van der Waals surface area (Å²) in [5.41, 5.74) is 2.54. The van der Waals surface area contributed by atoms with E-state index in [4.69, 9.17) is 4.74 Å². The van der Waals surface area contributed by atoms with Crippen molar-refractivity contribution in [2.75, 3.05) is 13.7 Å². The Morgan fingerprint density at radius 1 is 1.09 bits per heavy atom. The first kappa shape index (κ1) is 22.3. The van der Waals surface area contributed by atoms with Crippen molar-refractivity contribution < 1.29 is 14.3 Å². The molecular formula is C26H33N3O3. The summed E-state index contributed by atoms with van der Waals surface area (Å²) in [6.45, 7) is 2.75. The number of nitrogens with one attached hydrogen (secondary N) is 1. The minimum atomic E-state index is -0.460. The first-order valence-corrected chi connectivity index (χ1v) is 11.7. The van der Waals surface area contributed by atoms with Gasteiger partial charge in [0.2, 0.25) is 11.8 Å². The number of carbonyl (C=O) groups excluding carboxylic acids is 2. The van der Waals surface area contributed by atoms with E-state index in [0.29, 0.717) is 6.54 Å². The lowest BCUT2D eigenvalue weighted by Crippen LogP contribution is -2.48. The van der Waals surface area contributed by atoms with Crippen LogP contribution in [0.25, 0.3) is 0 Å². The van der Waals surface area contributed by atoms with Crippen molar-refractivity contribution in [1.29, 1.82) is 0 Å². The van der Waals surface area contributed by atoms with Crippen molar-refractivity contribution in [3.05, 3.63) is 59.4 Å². The monoisotopic (exact) mass is 435 g/mol. The zero-order valence-corrected chi connectivity index (χ0v) is 19.1. The number of amides is 2. The summed E-state index contributed by atoms with van der Waals surface area (Å²) in [4.78, 5) is 32.0. The summed E-state index contributed by atoms with van der Waals surface area (Å²) in [7, 11) is 1.67. The van der Waals surface area contributed by atoms with E-state index < -0.39 is 5.41 Å². The lowest BCUT2D eigenvalue weighted by molar-refractivity contribution is -0.140. The van der Waals surface area contributed by atoms with Gasteiger partial charge in [-0.25, -0.2) is 0 Å². The predicted octanol–water partition coefficient (Wildman–Crippen LogP) is 4.29. The first-order chi connectivity index (χ1) is 15.5. The zero-order valence-electron chi connectivity index (χ0n) is 19.1. The van der Waals surface area contributed by atoms with Gasteiger partial charge in [-0.3, -0.25) is 14.6 Å². The average Bonchev–Trinajstić information content (AvgIpc) is 3.33. The van der Waals surface area contributed by atoms with Crippen LogP contribution in [0.15, 0.2) is 42.6 Å². The molecule has 2 heterocycles. The van der Waals surface area contributed by atoms with Gasteiger partial charge >= 0.3 is 0 Å². The van der Waals surface area contributed by atoms with Crippen molar-refractivity contribution >= 4 is 11.8 Å². The standard InChI is InChI=1S/C26H33N3O3/c1-19(30)27-17-20-8-13-23(28-18-20)24-7-6-16-29(24)25(31)26(14-4-3-5-15-26)21-9-11-22(32-2)12-10-21/h8-13,18,24H,3-7,14-17H2,1-2H3,(H,27,30)/t24-/m0/s1. The Hall–Kier alpha value is -2.89. The van der Waals surface area contributed by atoms with Crippen molar-refractivity contribution in [3.8, 4) is 5.75 Å². The van der Waals surface area contributed by atoms with E-state index in [-0.39, 0.29) is 17.9 Å². The minimum Gasteiger partial charge on any atom is -0.497 e. The Kier molecular flexibility index (Phi) is 6.77. The average molecular weight is 436 g/mol. The van der Waals surface area contributed by atoms with Gasteiger partial charge in [0.1, 0.15) is 5.75 Å². The molecule has 4 rings (SSSR count). The molecule has 32 heavy (non-hydrogen) atoms. The van der Waals surface area contributed by atoms with Gasteiger partial charge in [-0.2, -0.15) is 0 Å². The molecule has 1 saturated carbocycles. The fourth-order valence-electron chi connectivity index (χ4n) is 5.25. The highest BCUT2D eigenvalue weighted by Gasteiger charge is 2.46. The lowest BCUT2D eigenvalue weighted by atomic mass is 9.68. The molecule has 2 fully saturated rings. The van der Waals surface area contributed by atoms with Crippen LogP contribution in [0.2, 0.25) is 0 Å². The second kappa shape index (κ2) is 9.72. The summed E-state index contributed by atoms with van der Waals surface area (Å²) in [5.74, 6) is 1.00. The highest BCUT2D eigenvalue weighted by atomic mass is 16.5. The molecule has 1 aromatic heterocycles. The Balaban J connectivity index is 1.58. The number of hydrogen-bond acceptors (Lipinski definition) is 4. The zero-order chi connectivity index (χ0) is 22.6. The SMILES string of the molecule is COc1ccc(C2(C(=O)N3CCC[C@H]3c3ccc(CNC(C)=O)cn3)CCCCC2)cc1. The normalized spacial score (nSPS) is 20.1. The number of hydrogen-bond donors (Lipinski definition) is 1. The van der Waals surface area contributed by atoms with Gasteiger partial charge in [0, 0.05) is 26.2 Å². The number of rotatable bonds is 6. The van der Waals surface area contributed by atoms with Crippen LogP contribution in [0.3, 0.4) is 0 Å². The molecule has 2 aromatic rings. The largest absolute Gasteiger partial charge is 0.497 e. The van der Waals surface area contributed by atoms with Gasteiger partial charge in [0.25, 0.3) is 0 Å². The summed E-state index contributed by atoms with van der Waals surface area (Å²) in [6.07, 6.45) is 8.86. The van der Waals surface area contributed by atoms with Crippen molar-refractivity contribution in [2.45, 2.75) is 69.9 Å². The molecule has 1 N–H and O–H groups in total. The van der Waals surface area contributed by atoms with Crippen LogP contribution in [0.4, 0.5) is 0 Å². The fraction of sp³-hybridized carbons (Fsp3) is 0.500. The highest BCUT2D eigenvalue weighted by Crippen LogP contribution is 2.44. The molecule has 0 bridgehead atoms. The molecule has 1 aliphatic heterocycles. The van der Waals surface area contributed by atoms with E-state index in [1.165, 1.54) is 13.3 Å². The van der Waals surface area contributed by atoms with E-state index in [1.54, 1.807) is 7.11 Å². The molecule has 1 aromatic carbocycles. The van der Waals surface area contributed by atoms with Gasteiger partial charge in [-0.05, 0) is 55.0 Å². The van der Waals surface area contributed by atoms with Crippen molar-refractivity contribution in [2.24, 2.45) is 0 Å². The third-order valence-corrected chi connectivity index (χ3v) is 7.00. The molecule has 6 nitrogen and oxygen atoms in total. The van der Waals surface area contributed by atoms with E-state index in [2.05, 4.69) is 27.3 Å². The summed E-state index contributed by atoms with van der Waals surface area (Å²) < 4.78 is 5.34. The minimum absolute atomic E-state index is 0.00867. The van der Waals surface area contributed by atoms with Crippen LogP contribution in [0.1, 0.15) is 74.7 Å². The smallest absolute Gasteiger partial charge is 0.233 e. The quantitative estimate of drug-likeness (QED) is 0.735. The summed E-state index contributed by atoms with van der Waals surface area (Å²) >= 11 is 0. The molecule has 0 spiro atoms. The van der Waals surface area contributed by atoms with Crippen LogP contribution in [-0.4, -0.2) is 35.4 Å². The predicted molar refractivity (Wildman–Crippen MR) is 123 cm³/mol. The molecule has 0 radical (unpaired) electrons. The van der Waals surface area contributed by atoms with Crippen LogP contribution < -0.4 is 10.1 Å². The third kappa shape index (κ3) is 4.50. The van der Waals surface area contributed by atoms with Gasteiger partial charge in [-0.1, -0.05) is 37.5 Å². The molecule has 1 aliphatic carbocycles. The topological polar surface area (TPSA) is 71.5 Å². The van der Waals surface area contributed by atoms with Crippen LogP contribution in [0, 0.1) is 0 Å². The van der Waals surface area contributed by atoms with E-state index >= 15 is 0 Å². The third-order valence-electron chi connectivity index (χ3n) is 7.00. The maximum Gasteiger partial charge on any atom is 0.233 e. The van der Waals surface area contributed by atoms with Gasteiger partial charge in [-0.15, -0.1) is 0 Å². The van der Waals surface area contributed by atoms with Gasteiger partial charge < -0.3 is 15.0 Å². The maximum absolute atomic E-state index is 14.1. The number of nitrogens with zero attached hydrogens (tertiary/aromatic N) is 2. The van der Waals surface area contributed by atoms with Crippen LogP contribution >= 0.6 is 0 Å². The highest BCUT2D eigenvalue weighted by molar-refractivity contribution is 5.89. The van der Waals surface area contributed by atoms with E-state index in [0.717, 1.165) is 67.6 Å². The van der Waals surface area contributed by atoms with Gasteiger partial charge in [0.15, 0.2) is 0 Å². The molecule has 170 valence electrons. The molecule has 2 amide bonds. The molecule has 6 heteroatoms. The number of pyridine rings is 1. The number of likely N-dealkylation sites (tertiary alicyclic amines) is 1. The van der Waals surface area contributed by atoms with Gasteiger partial charge in [0.05, 0.1) is 24.3 Å². The molecular weight excluding hydrogens is 402 g/mol. The van der Waals surface area contributed by atoms with Crippen molar-refractivity contribution in [1.82, 2.24) is 15.2 Å². The van der Waals surface area contributed by atoms with E-state index in [9.17, 15) is 9.59 Å². The summed E-state index contributed by atoms with van der Waals surface area (Å²) in [6, 6.07) is 12.1. The Morgan fingerprint density at radius 2 is 1.84 bits per heavy atom. The second-order valence-corrected chi connectivity index (χ2v) is 9.03. The van der Waals surface area contributed by atoms with Crippen LogP contribution in [0.5, 0.6) is 5.75 Å². The first-order valence-electron chi connectivity index (χ1n) is 11.7. The number of benzene rings is 1. The number of aromatic nitrogens is 1. The molecule has 1 atom stereocenters. The molecule has 1 saturated heterocycles. The maximum atomic E-state index is 14.1. The fourth-order valence-corrected chi connectivity index (χ4v) is 5.25. The summed E-state index contributed by atoms with van der Waals surface area (Å²) in [5, 5.41) is 2.80. The Morgan fingerprint density at radius 3 is 2.47 bits per heavy atom. The van der Waals surface area contributed by atoms with Crippen LogP contribution in [-0.2, 0) is 21.5 Å². The lowest BCUT2D eigenvalue weighted by Gasteiger charge is -2.41. The molecule has 2 aliphatic rings. The van der Waals surface area contributed by atoms with E-state index in [1.807, 2.05) is 30.5 Å². The second-order valence-electron chi connectivity index (χ2n) is 9.03. The van der Waals surface area contributed by atoms with Crippen molar-refractivity contribution in [3.63, 3.8) is 0 Å². The Bertz CT molecular complexity index is 934. The Labute approximate surface area is 190 Å². The number of ether oxygens (including phenoxy) is 1.